The van der Waals surface area contributed by atoms with Crippen LogP contribution in [0.4, 0.5) is 5.69 Å². The molecule has 0 aromatic heterocycles. The highest BCUT2D eigenvalue weighted by Crippen LogP contribution is 2.38. The Labute approximate surface area is 197 Å². The smallest absolute Gasteiger partial charge is 0.276 e. The first-order valence-electron chi connectivity index (χ1n) is 9.92. The molecule has 0 fully saturated rings. The second-order valence-electron chi connectivity index (χ2n) is 7.35. The summed E-state index contributed by atoms with van der Waals surface area (Å²) < 4.78 is 16.6. The Kier molecular flexibility index (Phi) is 5.21. The van der Waals surface area contributed by atoms with Gasteiger partial charge in [0.2, 0.25) is 6.79 Å². The second kappa shape index (κ2) is 8.21. The van der Waals surface area contributed by atoms with Gasteiger partial charge in [-0.1, -0.05) is 15.9 Å². The van der Waals surface area contributed by atoms with Crippen molar-refractivity contribution in [2.45, 2.75) is 6.17 Å². The number of hydrazine groups is 1. The molecule has 9 nitrogen and oxygen atoms in total. The average molecular weight is 512 g/mol. The number of phenolic OH excluding ortho intramolecular Hbond substituents is 1. The van der Waals surface area contributed by atoms with Crippen molar-refractivity contribution in [3.8, 4) is 23.0 Å². The number of nitrogens with one attached hydrogen (secondary N) is 2. The molecule has 0 saturated heterocycles. The zero-order valence-corrected chi connectivity index (χ0v) is 18.9. The first kappa shape index (κ1) is 21.0. The van der Waals surface area contributed by atoms with Gasteiger partial charge in [-0.3, -0.25) is 15.0 Å². The maximum Gasteiger partial charge on any atom is 0.276 e. The molecule has 2 aliphatic rings. The maximum atomic E-state index is 13.5. The van der Waals surface area contributed by atoms with E-state index in [0.29, 0.717) is 38.5 Å². The third kappa shape index (κ3) is 3.78. The van der Waals surface area contributed by atoms with Gasteiger partial charge < -0.3 is 24.6 Å². The molecule has 0 spiro atoms. The fraction of sp³-hybridized carbons (Fsp3) is 0.130. The molecule has 3 aromatic rings. The predicted molar refractivity (Wildman–Crippen MR) is 121 cm³/mol. The number of hydrogen-bond acceptors (Lipinski definition) is 7. The lowest BCUT2D eigenvalue weighted by Gasteiger charge is -2.38. The summed E-state index contributed by atoms with van der Waals surface area (Å²) in [4.78, 5) is 26.6. The molecule has 2 aliphatic heterocycles. The van der Waals surface area contributed by atoms with E-state index in [1.54, 1.807) is 48.5 Å². The summed E-state index contributed by atoms with van der Waals surface area (Å²) in [6, 6.07) is 14.6. The van der Waals surface area contributed by atoms with Crippen LogP contribution in [0.25, 0.3) is 0 Å². The standard InChI is InChI=1S/C23H18BrN3O6/c1-31-14-4-6-18(28)16(10-14)21-25-17-5-3-13(24)9-15(17)23(30)27(21)26-22(29)12-2-7-19-20(8-12)33-11-32-19/h2-10,21,25,28H,11H2,1H3,(H,26,29)/t21-/m0/s1. The number of anilines is 1. The number of carbonyl (C=O) groups is 2. The van der Waals surface area contributed by atoms with Crippen molar-refractivity contribution in [1.82, 2.24) is 10.4 Å². The molecule has 3 N–H and O–H groups in total. The quantitative estimate of drug-likeness (QED) is 0.488. The van der Waals surface area contributed by atoms with E-state index < -0.39 is 18.0 Å². The molecule has 0 saturated carbocycles. The van der Waals surface area contributed by atoms with Crippen LogP contribution in [0.15, 0.2) is 59.1 Å². The summed E-state index contributed by atoms with van der Waals surface area (Å²) in [7, 11) is 1.50. The third-order valence-corrected chi connectivity index (χ3v) is 5.86. The lowest BCUT2D eigenvalue weighted by Crippen LogP contribution is -2.52. The Morgan fingerprint density at radius 3 is 2.79 bits per heavy atom. The van der Waals surface area contributed by atoms with Crippen molar-refractivity contribution in [2.24, 2.45) is 0 Å². The van der Waals surface area contributed by atoms with Crippen LogP contribution in [0.1, 0.15) is 32.4 Å². The minimum atomic E-state index is -0.903. The number of carbonyl (C=O) groups excluding carboxylic acids is 2. The van der Waals surface area contributed by atoms with E-state index in [4.69, 9.17) is 14.2 Å². The number of nitrogens with zero attached hydrogens (tertiary/aromatic N) is 1. The van der Waals surface area contributed by atoms with Gasteiger partial charge in [-0.2, -0.15) is 0 Å². The predicted octanol–water partition coefficient (Wildman–Crippen LogP) is 3.80. The van der Waals surface area contributed by atoms with Crippen LogP contribution < -0.4 is 25.0 Å². The molecule has 1 atom stereocenters. The van der Waals surface area contributed by atoms with Crippen LogP contribution in [-0.4, -0.2) is 35.8 Å². The highest BCUT2D eigenvalue weighted by atomic mass is 79.9. The summed E-state index contributed by atoms with van der Waals surface area (Å²) >= 11 is 3.38. The number of halogens is 1. The number of fused-ring (bicyclic) bond motifs is 2. The summed E-state index contributed by atoms with van der Waals surface area (Å²) in [5.41, 5.74) is 4.21. The number of ether oxygens (including phenoxy) is 3. The monoisotopic (exact) mass is 511 g/mol. The van der Waals surface area contributed by atoms with E-state index in [2.05, 4.69) is 26.7 Å². The van der Waals surface area contributed by atoms with Crippen molar-refractivity contribution >= 4 is 33.4 Å². The number of benzene rings is 3. The number of aromatic hydroxyl groups is 1. The van der Waals surface area contributed by atoms with E-state index in [1.165, 1.54) is 13.2 Å². The van der Waals surface area contributed by atoms with Crippen molar-refractivity contribution in [3.63, 3.8) is 0 Å². The summed E-state index contributed by atoms with van der Waals surface area (Å²) in [6.45, 7) is 0.0811. The summed E-state index contributed by atoms with van der Waals surface area (Å²) in [5, 5.41) is 14.9. The van der Waals surface area contributed by atoms with Gasteiger partial charge in [0.1, 0.15) is 11.5 Å². The van der Waals surface area contributed by atoms with Gasteiger partial charge in [-0.05, 0) is 54.6 Å². The number of methoxy groups -OCH3 is 1. The Morgan fingerprint density at radius 1 is 1.15 bits per heavy atom. The van der Waals surface area contributed by atoms with Gasteiger partial charge in [-0.25, -0.2) is 5.01 Å². The van der Waals surface area contributed by atoms with Crippen LogP contribution >= 0.6 is 15.9 Å². The average Bonchev–Trinajstić information content (AvgIpc) is 3.29. The van der Waals surface area contributed by atoms with Gasteiger partial charge in [-0.15, -0.1) is 0 Å². The van der Waals surface area contributed by atoms with Crippen LogP contribution in [-0.2, 0) is 0 Å². The molecular formula is C23H18BrN3O6. The van der Waals surface area contributed by atoms with E-state index in [0.717, 1.165) is 5.01 Å². The molecule has 5 rings (SSSR count). The number of amides is 2. The van der Waals surface area contributed by atoms with Crippen molar-refractivity contribution in [3.05, 3.63) is 75.8 Å². The van der Waals surface area contributed by atoms with Gasteiger partial charge in [0, 0.05) is 21.3 Å². The molecule has 0 unspecified atom stereocenters. The maximum absolute atomic E-state index is 13.5. The lowest BCUT2D eigenvalue weighted by atomic mass is 10.0. The van der Waals surface area contributed by atoms with Crippen LogP contribution in [0.2, 0.25) is 0 Å². The third-order valence-electron chi connectivity index (χ3n) is 5.37. The van der Waals surface area contributed by atoms with Crippen molar-refractivity contribution < 1.29 is 28.9 Å². The molecule has 0 bridgehead atoms. The Hall–Kier alpha value is -3.92. The van der Waals surface area contributed by atoms with E-state index >= 15 is 0 Å². The molecule has 168 valence electrons. The Morgan fingerprint density at radius 2 is 1.97 bits per heavy atom. The van der Waals surface area contributed by atoms with Crippen LogP contribution in [0.5, 0.6) is 23.0 Å². The molecule has 3 aromatic carbocycles. The normalized spacial score (nSPS) is 16.1. The van der Waals surface area contributed by atoms with E-state index in [-0.39, 0.29) is 18.1 Å². The van der Waals surface area contributed by atoms with Crippen molar-refractivity contribution in [2.75, 3.05) is 19.2 Å². The number of rotatable bonds is 4. The molecule has 2 heterocycles. The lowest BCUT2D eigenvalue weighted by molar-refractivity contribution is 0.0488. The fourth-order valence-corrected chi connectivity index (χ4v) is 4.06. The van der Waals surface area contributed by atoms with Crippen LogP contribution in [0, 0.1) is 0 Å². The molecule has 10 heteroatoms. The first-order valence-corrected chi connectivity index (χ1v) is 10.7. The fourth-order valence-electron chi connectivity index (χ4n) is 3.70. The SMILES string of the molecule is COc1ccc(O)c([C@H]2Nc3ccc(Br)cc3C(=O)N2NC(=O)c2ccc3c(c2)OCO3)c1. The van der Waals surface area contributed by atoms with Gasteiger partial charge >= 0.3 is 0 Å². The molecule has 0 radical (unpaired) electrons. The van der Waals surface area contributed by atoms with Crippen molar-refractivity contribution in [1.29, 1.82) is 0 Å². The minimum Gasteiger partial charge on any atom is -0.508 e. The molecule has 2 amide bonds. The van der Waals surface area contributed by atoms with Gasteiger partial charge in [0.25, 0.3) is 11.8 Å². The van der Waals surface area contributed by atoms with Gasteiger partial charge in [0.15, 0.2) is 17.7 Å². The molecular weight excluding hydrogens is 494 g/mol. The summed E-state index contributed by atoms with van der Waals surface area (Å²) in [6.07, 6.45) is -0.903. The first-order chi connectivity index (χ1) is 15.9. The molecule has 0 aliphatic carbocycles. The zero-order chi connectivity index (χ0) is 23.1. The summed E-state index contributed by atoms with van der Waals surface area (Å²) in [5.74, 6) is 0.424. The van der Waals surface area contributed by atoms with E-state index in [9.17, 15) is 14.7 Å². The van der Waals surface area contributed by atoms with Gasteiger partial charge in [0.05, 0.1) is 12.7 Å². The highest BCUT2D eigenvalue weighted by Gasteiger charge is 2.36. The molecule has 33 heavy (non-hydrogen) atoms. The Balaban J connectivity index is 1.54. The number of phenols is 1. The number of hydrogen-bond donors (Lipinski definition) is 3. The highest BCUT2D eigenvalue weighted by molar-refractivity contribution is 9.10. The van der Waals surface area contributed by atoms with E-state index in [1.807, 2.05) is 0 Å². The zero-order valence-electron chi connectivity index (χ0n) is 17.3. The topological polar surface area (TPSA) is 109 Å². The minimum absolute atomic E-state index is 0.0657. The second-order valence-corrected chi connectivity index (χ2v) is 8.26. The van der Waals surface area contributed by atoms with Crippen LogP contribution in [0.3, 0.4) is 0 Å². The Bertz CT molecular complexity index is 1280. The largest absolute Gasteiger partial charge is 0.508 e.